The van der Waals surface area contributed by atoms with E-state index in [9.17, 15) is 4.79 Å². The first kappa shape index (κ1) is 19.4. The van der Waals surface area contributed by atoms with Crippen LogP contribution in [0.2, 0.25) is 10.0 Å². The molecule has 0 aliphatic rings. The molecule has 1 amide bonds. The molecule has 0 bridgehead atoms. The largest absolute Gasteiger partial charge is 0.494 e. The minimum absolute atomic E-state index is 0.137. The number of carbonyl (C=O) groups is 1. The van der Waals surface area contributed by atoms with Gasteiger partial charge in [0.2, 0.25) is 5.91 Å². The number of ether oxygens (including phenoxy) is 1. The third-order valence-electron chi connectivity index (χ3n) is 3.42. The molecule has 134 valence electrons. The Morgan fingerprint density at radius 3 is 2.28 bits per heavy atom. The summed E-state index contributed by atoms with van der Waals surface area (Å²) in [7, 11) is 0. The van der Waals surface area contributed by atoms with Crippen molar-refractivity contribution < 1.29 is 9.53 Å². The minimum Gasteiger partial charge on any atom is -0.494 e. The van der Waals surface area contributed by atoms with Crippen LogP contribution in [0.15, 0.2) is 42.5 Å². The van der Waals surface area contributed by atoms with Crippen molar-refractivity contribution in [3.8, 4) is 5.75 Å². The van der Waals surface area contributed by atoms with Crippen molar-refractivity contribution in [1.82, 2.24) is 0 Å². The van der Waals surface area contributed by atoms with Gasteiger partial charge in [-0.2, -0.15) is 0 Å². The zero-order valence-electron chi connectivity index (χ0n) is 14.3. The minimum atomic E-state index is -0.185. The van der Waals surface area contributed by atoms with Gasteiger partial charge in [-0.05, 0) is 54.8 Å². The number of anilines is 2. The summed E-state index contributed by atoms with van der Waals surface area (Å²) in [6, 6.07) is 12.4. The van der Waals surface area contributed by atoms with E-state index in [1.807, 2.05) is 24.3 Å². The Labute approximate surface area is 158 Å². The molecule has 2 N–H and O–H groups in total. The Morgan fingerprint density at radius 1 is 1.04 bits per heavy atom. The van der Waals surface area contributed by atoms with E-state index in [4.69, 9.17) is 27.9 Å². The Bertz CT molecular complexity index is 683. The van der Waals surface area contributed by atoms with Crippen molar-refractivity contribution in [3.63, 3.8) is 0 Å². The summed E-state index contributed by atoms with van der Waals surface area (Å²) in [5, 5.41) is 6.76. The molecular weight excluding hydrogens is 359 g/mol. The fourth-order valence-electron chi connectivity index (χ4n) is 2.10. The van der Waals surface area contributed by atoms with Crippen LogP contribution >= 0.6 is 23.2 Å². The van der Waals surface area contributed by atoms with Gasteiger partial charge in [-0.25, -0.2) is 0 Å². The van der Waals surface area contributed by atoms with Gasteiger partial charge in [0.1, 0.15) is 5.75 Å². The van der Waals surface area contributed by atoms with Crippen LogP contribution in [0.25, 0.3) is 0 Å². The van der Waals surface area contributed by atoms with E-state index in [-0.39, 0.29) is 12.5 Å². The fourth-order valence-corrected chi connectivity index (χ4v) is 2.62. The number of benzene rings is 2. The molecule has 2 rings (SSSR count). The van der Waals surface area contributed by atoms with Gasteiger partial charge in [-0.3, -0.25) is 4.79 Å². The van der Waals surface area contributed by atoms with Gasteiger partial charge in [0, 0.05) is 21.4 Å². The zero-order valence-corrected chi connectivity index (χ0v) is 15.8. The van der Waals surface area contributed by atoms with Crippen molar-refractivity contribution in [1.29, 1.82) is 0 Å². The Hall–Kier alpha value is -1.91. The molecule has 0 fully saturated rings. The Morgan fingerprint density at radius 2 is 1.68 bits per heavy atom. The van der Waals surface area contributed by atoms with E-state index in [1.54, 1.807) is 18.2 Å². The maximum Gasteiger partial charge on any atom is 0.243 e. The van der Waals surface area contributed by atoms with Gasteiger partial charge in [-0.1, -0.05) is 37.0 Å². The van der Waals surface area contributed by atoms with Crippen LogP contribution in [0.3, 0.4) is 0 Å². The van der Waals surface area contributed by atoms with Crippen LogP contribution in [-0.4, -0.2) is 19.1 Å². The third-order valence-corrected chi connectivity index (χ3v) is 3.85. The van der Waals surface area contributed by atoms with Gasteiger partial charge in [-0.15, -0.1) is 0 Å². The summed E-state index contributed by atoms with van der Waals surface area (Å²) in [6.07, 6.45) is 1.02. The van der Waals surface area contributed by atoms with Crippen molar-refractivity contribution in [2.75, 3.05) is 23.8 Å². The van der Waals surface area contributed by atoms with Gasteiger partial charge >= 0.3 is 0 Å². The molecule has 0 saturated carbocycles. The predicted octanol–water partition coefficient (Wildman–Crippen LogP) is 5.47. The van der Waals surface area contributed by atoms with Crippen molar-refractivity contribution >= 4 is 40.5 Å². The smallest absolute Gasteiger partial charge is 0.243 e. The summed E-state index contributed by atoms with van der Waals surface area (Å²) in [5.41, 5.74) is 1.41. The first-order chi connectivity index (χ1) is 11.9. The lowest BCUT2D eigenvalue weighted by Gasteiger charge is -2.10. The topological polar surface area (TPSA) is 50.4 Å². The van der Waals surface area contributed by atoms with Crippen molar-refractivity contribution in [3.05, 3.63) is 52.5 Å². The van der Waals surface area contributed by atoms with Crippen LogP contribution in [0.4, 0.5) is 11.4 Å². The third kappa shape index (κ3) is 7.24. The van der Waals surface area contributed by atoms with E-state index in [2.05, 4.69) is 24.5 Å². The molecule has 0 aromatic heterocycles. The Kier molecular flexibility index (Phi) is 7.41. The maximum absolute atomic E-state index is 12.0. The molecule has 0 heterocycles. The lowest BCUT2D eigenvalue weighted by Crippen LogP contribution is -2.21. The van der Waals surface area contributed by atoms with Crippen molar-refractivity contribution in [2.45, 2.75) is 20.3 Å². The average Bonchev–Trinajstić information content (AvgIpc) is 2.53. The molecule has 0 saturated heterocycles. The molecule has 0 aliphatic carbocycles. The highest BCUT2D eigenvalue weighted by atomic mass is 35.5. The highest BCUT2D eigenvalue weighted by Gasteiger charge is 2.05. The van der Waals surface area contributed by atoms with E-state index in [0.717, 1.165) is 17.9 Å². The Balaban J connectivity index is 1.79. The zero-order chi connectivity index (χ0) is 18.2. The predicted molar refractivity (Wildman–Crippen MR) is 105 cm³/mol. The van der Waals surface area contributed by atoms with Gasteiger partial charge < -0.3 is 15.4 Å². The molecule has 4 nitrogen and oxygen atoms in total. The molecule has 6 heteroatoms. The molecule has 0 spiro atoms. The lowest BCUT2D eigenvalue weighted by atomic mass is 10.1. The van der Waals surface area contributed by atoms with E-state index in [1.165, 1.54) is 0 Å². The van der Waals surface area contributed by atoms with Crippen LogP contribution < -0.4 is 15.4 Å². The molecule has 0 unspecified atom stereocenters. The first-order valence-corrected chi connectivity index (χ1v) is 8.90. The van der Waals surface area contributed by atoms with Crippen LogP contribution in [0.1, 0.15) is 20.3 Å². The molecule has 0 radical (unpaired) electrons. The number of nitrogens with one attached hydrogen (secondary N) is 2. The van der Waals surface area contributed by atoms with E-state index >= 15 is 0 Å². The highest BCUT2D eigenvalue weighted by Crippen LogP contribution is 2.22. The van der Waals surface area contributed by atoms with E-state index in [0.29, 0.717) is 28.3 Å². The maximum atomic E-state index is 12.0. The number of hydrogen-bond donors (Lipinski definition) is 2. The average molecular weight is 381 g/mol. The van der Waals surface area contributed by atoms with E-state index < -0.39 is 0 Å². The number of halogens is 2. The monoisotopic (exact) mass is 380 g/mol. The van der Waals surface area contributed by atoms with Crippen molar-refractivity contribution in [2.24, 2.45) is 5.92 Å². The quantitative estimate of drug-likeness (QED) is 0.638. The molecule has 2 aromatic carbocycles. The van der Waals surface area contributed by atoms with Crippen LogP contribution in [-0.2, 0) is 4.79 Å². The molecular formula is C19H22Cl2N2O2. The molecule has 25 heavy (non-hydrogen) atoms. The summed E-state index contributed by atoms with van der Waals surface area (Å²) in [5.74, 6) is 1.26. The van der Waals surface area contributed by atoms with Gasteiger partial charge in [0.05, 0.1) is 13.2 Å². The normalized spacial score (nSPS) is 10.6. The fraction of sp³-hybridized carbons (Fsp3) is 0.316. The second-order valence-electron chi connectivity index (χ2n) is 6.12. The number of amides is 1. The summed E-state index contributed by atoms with van der Waals surface area (Å²) in [6.45, 7) is 5.17. The second-order valence-corrected chi connectivity index (χ2v) is 6.99. The van der Waals surface area contributed by atoms with Gasteiger partial charge in [0.15, 0.2) is 0 Å². The number of rotatable bonds is 8. The molecule has 0 atom stereocenters. The van der Waals surface area contributed by atoms with Gasteiger partial charge in [0.25, 0.3) is 0 Å². The molecule has 0 aliphatic heterocycles. The summed E-state index contributed by atoms with van der Waals surface area (Å²) in [4.78, 5) is 12.0. The highest BCUT2D eigenvalue weighted by molar-refractivity contribution is 6.35. The summed E-state index contributed by atoms with van der Waals surface area (Å²) >= 11 is 11.8. The number of carbonyl (C=O) groups excluding carboxylic acids is 1. The van der Waals surface area contributed by atoms with Crippen LogP contribution in [0, 0.1) is 5.92 Å². The SMILES string of the molecule is CC(C)CCOc1ccc(NCC(=O)Nc2cc(Cl)cc(Cl)c2)cc1. The first-order valence-electron chi connectivity index (χ1n) is 8.15. The standard InChI is InChI=1S/C19H22Cl2N2O2/c1-13(2)7-8-25-18-5-3-16(4-6-18)22-12-19(24)23-17-10-14(20)9-15(21)11-17/h3-6,9-11,13,22H,7-8,12H2,1-2H3,(H,23,24). The van der Waals surface area contributed by atoms with Crippen LogP contribution in [0.5, 0.6) is 5.75 Å². The second kappa shape index (κ2) is 9.54. The molecule has 2 aromatic rings. The lowest BCUT2D eigenvalue weighted by molar-refractivity contribution is -0.114. The number of hydrogen-bond acceptors (Lipinski definition) is 3. The summed E-state index contributed by atoms with van der Waals surface area (Å²) < 4.78 is 5.67.